The van der Waals surface area contributed by atoms with Crippen molar-refractivity contribution in [2.75, 3.05) is 12.8 Å². The molecule has 1 aromatic carbocycles. The van der Waals surface area contributed by atoms with E-state index in [0.29, 0.717) is 5.56 Å². The van der Waals surface area contributed by atoms with E-state index >= 15 is 0 Å². The molecule has 1 fully saturated rings. The van der Waals surface area contributed by atoms with Gasteiger partial charge in [-0.25, -0.2) is 0 Å². The summed E-state index contributed by atoms with van der Waals surface area (Å²) in [5.41, 5.74) is 0.497. The van der Waals surface area contributed by atoms with Gasteiger partial charge in [-0.05, 0) is 37.8 Å². The molecule has 0 aliphatic carbocycles. The molecule has 2 rings (SSSR count). The summed E-state index contributed by atoms with van der Waals surface area (Å²) in [4.78, 5) is 37.4. The summed E-state index contributed by atoms with van der Waals surface area (Å²) in [7, 11) is 0. The molecule has 0 bridgehead atoms. The number of nitrogens with one attached hydrogen (secondary N) is 1. The quantitative estimate of drug-likeness (QED) is 0.858. The van der Waals surface area contributed by atoms with Crippen molar-refractivity contribution in [3.63, 3.8) is 0 Å². The SMILES string of the molecule is CSCc1cccc(C(=O)N2CC(=O)NC(=O)C2(C)C)c1. The highest BCUT2D eigenvalue weighted by atomic mass is 32.2. The molecule has 5 nitrogen and oxygen atoms in total. The Labute approximate surface area is 128 Å². The van der Waals surface area contributed by atoms with Crippen molar-refractivity contribution in [2.45, 2.75) is 25.1 Å². The average Bonchev–Trinajstić information content (AvgIpc) is 2.43. The summed E-state index contributed by atoms with van der Waals surface area (Å²) < 4.78 is 0. The molecule has 0 aromatic heterocycles. The molecular weight excluding hydrogens is 288 g/mol. The second-order valence-electron chi connectivity index (χ2n) is 5.46. The van der Waals surface area contributed by atoms with Gasteiger partial charge < -0.3 is 4.90 Å². The van der Waals surface area contributed by atoms with Crippen molar-refractivity contribution in [1.82, 2.24) is 10.2 Å². The van der Waals surface area contributed by atoms with Gasteiger partial charge in [-0.2, -0.15) is 11.8 Å². The van der Waals surface area contributed by atoms with E-state index in [4.69, 9.17) is 0 Å². The Morgan fingerprint density at radius 3 is 2.76 bits per heavy atom. The van der Waals surface area contributed by atoms with Crippen LogP contribution in [0.25, 0.3) is 0 Å². The van der Waals surface area contributed by atoms with Gasteiger partial charge in [-0.15, -0.1) is 0 Å². The smallest absolute Gasteiger partial charge is 0.255 e. The number of carbonyl (C=O) groups is 3. The molecule has 0 spiro atoms. The lowest BCUT2D eigenvalue weighted by Crippen LogP contribution is -2.65. The van der Waals surface area contributed by atoms with Crippen molar-refractivity contribution >= 4 is 29.5 Å². The first-order valence-electron chi connectivity index (χ1n) is 6.60. The van der Waals surface area contributed by atoms with Crippen LogP contribution in [0.3, 0.4) is 0 Å². The molecule has 0 atom stereocenters. The molecular formula is C15H18N2O3S. The van der Waals surface area contributed by atoms with Crippen molar-refractivity contribution in [2.24, 2.45) is 0 Å². The molecule has 0 radical (unpaired) electrons. The van der Waals surface area contributed by atoms with Gasteiger partial charge in [-0.1, -0.05) is 12.1 Å². The maximum absolute atomic E-state index is 12.6. The maximum atomic E-state index is 12.6. The highest BCUT2D eigenvalue weighted by Crippen LogP contribution is 2.22. The molecule has 0 unspecified atom stereocenters. The van der Waals surface area contributed by atoms with Gasteiger partial charge in [0.1, 0.15) is 12.1 Å². The number of imide groups is 1. The van der Waals surface area contributed by atoms with Crippen LogP contribution in [0.5, 0.6) is 0 Å². The highest BCUT2D eigenvalue weighted by Gasteiger charge is 2.43. The Morgan fingerprint density at radius 1 is 1.38 bits per heavy atom. The van der Waals surface area contributed by atoms with Gasteiger partial charge in [0.05, 0.1) is 0 Å². The number of benzene rings is 1. The normalized spacial score (nSPS) is 17.6. The van der Waals surface area contributed by atoms with Crippen LogP contribution < -0.4 is 5.32 Å². The third-order valence-corrected chi connectivity index (χ3v) is 4.14. The Kier molecular flexibility index (Phi) is 4.37. The molecule has 112 valence electrons. The number of thioether (sulfide) groups is 1. The molecule has 1 aliphatic heterocycles. The second-order valence-corrected chi connectivity index (χ2v) is 6.33. The van der Waals surface area contributed by atoms with Gasteiger partial charge in [0.2, 0.25) is 5.91 Å². The summed E-state index contributed by atoms with van der Waals surface area (Å²) in [6.45, 7) is 3.17. The summed E-state index contributed by atoms with van der Waals surface area (Å²) in [5, 5.41) is 2.26. The zero-order valence-corrected chi connectivity index (χ0v) is 13.1. The largest absolute Gasteiger partial charge is 0.315 e. The molecule has 1 N–H and O–H groups in total. The zero-order valence-electron chi connectivity index (χ0n) is 12.3. The fourth-order valence-corrected chi connectivity index (χ4v) is 2.74. The van der Waals surface area contributed by atoms with E-state index in [9.17, 15) is 14.4 Å². The summed E-state index contributed by atoms with van der Waals surface area (Å²) in [5.74, 6) is -0.393. The van der Waals surface area contributed by atoms with E-state index in [-0.39, 0.29) is 12.5 Å². The van der Waals surface area contributed by atoms with Gasteiger partial charge in [0.15, 0.2) is 0 Å². The summed E-state index contributed by atoms with van der Waals surface area (Å²) in [6.07, 6.45) is 1.99. The summed E-state index contributed by atoms with van der Waals surface area (Å²) in [6, 6.07) is 7.29. The lowest BCUT2D eigenvalue weighted by molar-refractivity contribution is -0.143. The molecule has 21 heavy (non-hydrogen) atoms. The molecule has 6 heteroatoms. The number of piperazine rings is 1. The lowest BCUT2D eigenvalue weighted by atomic mass is 9.97. The Hall–Kier alpha value is -1.82. The van der Waals surface area contributed by atoms with E-state index in [1.807, 2.05) is 24.5 Å². The van der Waals surface area contributed by atoms with Gasteiger partial charge in [-0.3, -0.25) is 19.7 Å². The topological polar surface area (TPSA) is 66.5 Å². The molecule has 1 heterocycles. The minimum atomic E-state index is -1.04. The standard InChI is InChI=1S/C15H18N2O3S/c1-15(2)14(20)16-12(18)8-17(15)13(19)11-6-4-5-10(7-11)9-21-3/h4-7H,8-9H2,1-3H3,(H,16,18,20). The number of carbonyl (C=O) groups excluding carboxylic acids is 3. The Balaban J connectivity index is 2.31. The first kappa shape index (κ1) is 15.6. The Morgan fingerprint density at radius 2 is 2.10 bits per heavy atom. The monoisotopic (exact) mass is 306 g/mol. The second kappa shape index (κ2) is 5.89. The van der Waals surface area contributed by atoms with Crippen molar-refractivity contribution in [1.29, 1.82) is 0 Å². The van der Waals surface area contributed by atoms with Crippen LogP contribution in [0.2, 0.25) is 0 Å². The van der Waals surface area contributed by atoms with E-state index in [0.717, 1.165) is 11.3 Å². The molecule has 1 saturated heterocycles. The minimum Gasteiger partial charge on any atom is -0.315 e. The van der Waals surface area contributed by atoms with Crippen molar-refractivity contribution in [3.8, 4) is 0 Å². The van der Waals surface area contributed by atoms with Gasteiger partial charge in [0, 0.05) is 11.3 Å². The van der Waals surface area contributed by atoms with Crippen LogP contribution in [0.1, 0.15) is 29.8 Å². The van der Waals surface area contributed by atoms with Crippen LogP contribution in [-0.4, -0.2) is 41.0 Å². The van der Waals surface area contributed by atoms with Crippen LogP contribution in [0, 0.1) is 0 Å². The number of amides is 3. The van der Waals surface area contributed by atoms with Crippen molar-refractivity contribution < 1.29 is 14.4 Å². The minimum absolute atomic E-state index is 0.107. The number of nitrogens with zero attached hydrogens (tertiary/aromatic N) is 1. The lowest BCUT2D eigenvalue weighted by Gasteiger charge is -2.40. The molecule has 1 aliphatic rings. The molecule has 3 amide bonds. The Bertz CT molecular complexity index is 598. The zero-order chi connectivity index (χ0) is 15.6. The van der Waals surface area contributed by atoms with Crippen molar-refractivity contribution in [3.05, 3.63) is 35.4 Å². The predicted molar refractivity (Wildman–Crippen MR) is 81.9 cm³/mol. The van der Waals surface area contributed by atoms with Gasteiger partial charge in [0.25, 0.3) is 11.8 Å². The first-order chi connectivity index (χ1) is 9.86. The molecule has 1 aromatic rings. The fourth-order valence-electron chi connectivity index (χ4n) is 2.23. The van der Waals surface area contributed by atoms with E-state index in [1.165, 1.54) is 4.90 Å². The highest BCUT2D eigenvalue weighted by molar-refractivity contribution is 7.97. The maximum Gasteiger partial charge on any atom is 0.255 e. The van der Waals surface area contributed by atoms with E-state index < -0.39 is 17.4 Å². The number of hydrogen-bond donors (Lipinski definition) is 1. The number of rotatable bonds is 3. The van der Waals surface area contributed by atoms with Crippen LogP contribution in [0.15, 0.2) is 24.3 Å². The van der Waals surface area contributed by atoms with Crippen LogP contribution >= 0.6 is 11.8 Å². The predicted octanol–water partition coefficient (Wildman–Crippen LogP) is 1.43. The fraction of sp³-hybridized carbons (Fsp3) is 0.400. The van der Waals surface area contributed by atoms with Crippen LogP contribution in [-0.2, 0) is 15.3 Å². The van der Waals surface area contributed by atoms with E-state index in [1.54, 1.807) is 31.7 Å². The van der Waals surface area contributed by atoms with Crippen LogP contribution in [0.4, 0.5) is 0 Å². The molecule has 0 saturated carbocycles. The van der Waals surface area contributed by atoms with Gasteiger partial charge >= 0.3 is 0 Å². The summed E-state index contributed by atoms with van der Waals surface area (Å²) >= 11 is 1.67. The number of hydrogen-bond acceptors (Lipinski definition) is 4. The first-order valence-corrected chi connectivity index (χ1v) is 8.00. The van der Waals surface area contributed by atoms with E-state index in [2.05, 4.69) is 5.32 Å². The third kappa shape index (κ3) is 3.10. The third-order valence-electron chi connectivity index (χ3n) is 3.52. The average molecular weight is 306 g/mol.